The van der Waals surface area contributed by atoms with E-state index in [1.165, 1.54) is 20.7 Å². The average Bonchev–Trinajstić information content (AvgIpc) is 3.07. The first-order chi connectivity index (χ1) is 22.1. The monoisotopic (exact) mass is 681 g/mol. The highest BCUT2D eigenvalue weighted by Gasteiger charge is 2.29. The van der Waals surface area contributed by atoms with Crippen LogP contribution in [0.5, 0.6) is 5.75 Å². The van der Waals surface area contributed by atoms with E-state index in [1.807, 2.05) is 6.92 Å². The molecule has 1 N–H and O–H groups in total. The zero-order chi connectivity index (χ0) is 32.7. The summed E-state index contributed by atoms with van der Waals surface area (Å²) in [7, 11) is -7.61. The Labute approximate surface area is 275 Å². The molecule has 1 amide bonds. The Morgan fingerprint density at radius 3 is 2.13 bits per heavy atom. The normalized spacial score (nSPS) is 14.0. The van der Waals surface area contributed by atoms with Gasteiger partial charge in [0.1, 0.15) is 12.4 Å². The van der Waals surface area contributed by atoms with Gasteiger partial charge in [-0.1, -0.05) is 60.0 Å². The summed E-state index contributed by atoms with van der Waals surface area (Å²) >= 11 is 6.07. The first-order valence-corrected chi connectivity index (χ1v) is 18.3. The summed E-state index contributed by atoms with van der Waals surface area (Å²) in [6.07, 6.45) is 2.76. The fourth-order valence-corrected chi connectivity index (χ4v) is 8.28. The second-order valence-electron chi connectivity index (χ2n) is 11.0. The van der Waals surface area contributed by atoms with Crippen LogP contribution in [0.4, 0.5) is 5.69 Å². The number of hydrogen-bond acceptors (Lipinski definition) is 6. The molecule has 9 nitrogen and oxygen atoms in total. The Kier molecular flexibility index (Phi) is 10.7. The Bertz CT molecular complexity index is 1860. The quantitative estimate of drug-likeness (QED) is 0.183. The lowest BCUT2D eigenvalue weighted by atomic mass is 10.1. The number of amides is 1. The average molecular weight is 682 g/mol. The molecule has 0 radical (unpaired) electrons. The molecular formula is C34H36ClN3O6S2. The maximum Gasteiger partial charge on any atom is 0.264 e. The molecule has 5 rings (SSSR count). The second-order valence-corrected chi connectivity index (χ2v) is 15.2. The van der Waals surface area contributed by atoms with Gasteiger partial charge in [0.05, 0.1) is 34.1 Å². The molecule has 0 unspecified atom stereocenters. The lowest BCUT2D eigenvalue weighted by Crippen LogP contribution is -2.35. The zero-order valence-corrected chi connectivity index (χ0v) is 27.8. The van der Waals surface area contributed by atoms with Crippen molar-refractivity contribution in [1.82, 2.24) is 9.62 Å². The van der Waals surface area contributed by atoms with Gasteiger partial charge in [0.25, 0.3) is 15.9 Å². The van der Waals surface area contributed by atoms with Crippen LogP contribution in [0.15, 0.2) is 107 Å². The largest absolute Gasteiger partial charge is 0.492 e. The van der Waals surface area contributed by atoms with Crippen molar-refractivity contribution in [3.05, 3.63) is 119 Å². The number of nitrogens with one attached hydrogen (secondary N) is 1. The molecule has 46 heavy (non-hydrogen) atoms. The molecule has 12 heteroatoms. The van der Waals surface area contributed by atoms with Crippen molar-refractivity contribution in [3.63, 3.8) is 0 Å². The summed E-state index contributed by atoms with van der Waals surface area (Å²) in [5.41, 5.74) is 2.02. The maximum atomic E-state index is 14.0. The van der Waals surface area contributed by atoms with E-state index in [4.69, 9.17) is 16.3 Å². The van der Waals surface area contributed by atoms with Crippen molar-refractivity contribution in [1.29, 1.82) is 0 Å². The number of halogens is 1. The Balaban J connectivity index is 1.28. The van der Waals surface area contributed by atoms with Gasteiger partial charge in [0.2, 0.25) is 10.0 Å². The molecule has 0 spiro atoms. The topological polar surface area (TPSA) is 113 Å². The van der Waals surface area contributed by atoms with Crippen LogP contribution in [0.25, 0.3) is 0 Å². The fourth-order valence-electron chi connectivity index (χ4n) is 5.17. The molecule has 0 aromatic heterocycles. The standard InChI is InChI=1S/C34H36ClN3O6S2/c1-26-9-17-31(18-10-26)46(42,43)38(25-27-11-13-28(35)14-12-27)33-8-4-3-7-32(33)34(39)36-21-24-44-29-15-19-30(20-16-29)45(40,41)37-22-5-2-6-23-37/h3-4,7-20H,2,5-6,21-25H2,1H3,(H,36,39). The summed E-state index contributed by atoms with van der Waals surface area (Å²) in [6, 6.07) is 26.2. The third-order valence-electron chi connectivity index (χ3n) is 7.70. The molecule has 1 fully saturated rings. The highest BCUT2D eigenvalue weighted by atomic mass is 35.5. The molecule has 1 aliphatic rings. The lowest BCUT2D eigenvalue weighted by molar-refractivity contribution is 0.0947. The van der Waals surface area contributed by atoms with E-state index < -0.39 is 26.0 Å². The predicted octanol–water partition coefficient (Wildman–Crippen LogP) is 6.03. The van der Waals surface area contributed by atoms with Gasteiger partial charge in [-0.3, -0.25) is 9.10 Å². The van der Waals surface area contributed by atoms with E-state index >= 15 is 0 Å². The molecule has 4 aromatic carbocycles. The van der Waals surface area contributed by atoms with Gasteiger partial charge in [0, 0.05) is 18.1 Å². The SMILES string of the molecule is Cc1ccc(S(=O)(=O)N(Cc2ccc(Cl)cc2)c2ccccc2C(=O)NCCOc2ccc(S(=O)(=O)N3CCCCC3)cc2)cc1. The van der Waals surface area contributed by atoms with Crippen LogP contribution in [0.2, 0.25) is 5.02 Å². The van der Waals surface area contributed by atoms with Crippen LogP contribution in [-0.4, -0.2) is 53.3 Å². The number of nitrogens with zero attached hydrogens (tertiary/aromatic N) is 2. The molecule has 1 saturated heterocycles. The highest BCUT2D eigenvalue weighted by Crippen LogP contribution is 2.30. The molecule has 1 heterocycles. The fraction of sp³-hybridized carbons (Fsp3) is 0.265. The third kappa shape index (κ3) is 7.90. The molecule has 0 aliphatic carbocycles. The molecule has 4 aromatic rings. The molecule has 0 saturated carbocycles. The van der Waals surface area contributed by atoms with Gasteiger partial charge >= 0.3 is 0 Å². The lowest BCUT2D eigenvalue weighted by Gasteiger charge is -2.27. The van der Waals surface area contributed by atoms with Crippen LogP contribution in [0, 0.1) is 6.92 Å². The highest BCUT2D eigenvalue weighted by molar-refractivity contribution is 7.92. The van der Waals surface area contributed by atoms with Crippen molar-refractivity contribution in [2.24, 2.45) is 0 Å². The van der Waals surface area contributed by atoms with Crippen LogP contribution < -0.4 is 14.4 Å². The smallest absolute Gasteiger partial charge is 0.264 e. The Hall–Kier alpha value is -3.90. The Morgan fingerprint density at radius 1 is 0.826 bits per heavy atom. The zero-order valence-electron chi connectivity index (χ0n) is 25.4. The first-order valence-electron chi connectivity index (χ1n) is 15.0. The number of rotatable bonds is 12. The van der Waals surface area contributed by atoms with Crippen LogP contribution >= 0.6 is 11.6 Å². The molecule has 242 valence electrons. The first kappa shape index (κ1) is 33.5. The van der Waals surface area contributed by atoms with Crippen molar-refractivity contribution in [3.8, 4) is 5.75 Å². The maximum absolute atomic E-state index is 14.0. The van der Waals surface area contributed by atoms with Gasteiger partial charge in [-0.2, -0.15) is 4.31 Å². The van der Waals surface area contributed by atoms with Crippen molar-refractivity contribution in [2.45, 2.75) is 42.5 Å². The summed E-state index contributed by atoms with van der Waals surface area (Å²) in [6.45, 7) is 3.15. The Morgan fingerprint density at radius 2 is 1.46 bits per heavy atom. The number of anilines is 1. The molecular weight excluding hydrogens is 646 g/mol. The number of hydrogen-bond donors (Lipinski definition) is 1. The summed E-state index contributed by atoms with van der Waals surface area (Å²) in [5.74, 6) is -0.00652. The van der Waals surface area contributed by atoms with E-state index in [-0.39, 0.29) is 40.7 Å². The summed E-state index contributed by atoms with van der Waals surface area (Å²) < 4.78 is 62.3. The minimum absolute atomic E-state index is 0.0236. The van der Waals surface area contributed by atoms with Gasteiger partial charge < -0.3 is 10.1 Å². The number of aryl methyl sites for hydroxylation is 1. The second kappa shape index (κ2) is 14.7. The van der Waals surface area contributed by atoms with E-state index in [9.17, 15) is 21.6 Å². The van der Waals surface area contributed by atoms with E-state index in [1.54, 1.807) is 84.9 Å². The molecule has 1 aliphatic heterocycles. The van der Waals surface area contributed by atoms with Gasteiger partial charge in [-0.25, -0.2) is 16.8 Å². The predicted molar refractivity (Wildman–Crippen MR) is 179 cm³/mol. The number of carbonyl (C=O) groups excluding carboxylic acids is 1. The minimum atomic E-state index is -4.07. The van der Waals surface area contributed by atoms with Gasteiger partial charge in [0.15, 0.2) is 0 Å². The number of sulfonamides is 2. The van der Waals surface area contributed by atoms with Crippen LogP contribution in [0.3, 0.4) is 0 Å². The van der Waals surface area contributed by atoms with Gasteiger partial charge in [-0.05, 0) is 86.0 Å². The minimum Gasteiger partial charge on any atom is -0.492 e. The number of ether oxygens (including phenoxy) is 1. The van der Waals surface area contributed by atoms with Crippen molar-refractivity contribution < 1.29 is 26.4 Å². The molecule has 0 bridgehead atoms. The van der Waals surface area contributed by atoms with Gasteiger partial charge in [-0.15, -0.1) is 0 Å². The number of carbonyl (C=O) groups is 1. The van der Waals surface area contributed by atoms with Crippen molar-refractivity contribution in [2.75, 3.05) is 30.5 Å². The molecule has 0 atom stereocenters. The summed E-state index contributed by atoms with van der Waals surface area (Å²) in [4.78, 5) is 13.7. The van der Waals surface area contributed by atoms with E-state index in [2.05, 4.69) is 5.32 Å². The third-order valence-corrected chi connectivity index (χ3v) is 11.6. The number of benzene rings is 4. The van der Waals surface area contributed by atoms with Crippen LogP contribution in [-0.2, 0) is 26.6 Å². The van der Waals surface area contributed by atoms with Crippen LogP contribution in [0.1, 0.15) is 40.7 Å². The van der Waals surface area contributed by atoms with Crippen molar-refractivity contribution >= 4 is 43.2 Å². The van der Waals surface area contributed by atoms with E-state index in [0.29, 0.717) is 29.4 Å². The van der Waals surface area contributed by atoms with E-state index in [0.717, 1.165) is 24.8 Å². The number of piperidine rings is 1. The summed E-state index contributed by atoms with van der Waals surface area (Å²) in [5, 5.41) is 3.33. The number of para-hydroxylation sites is 1.